The smallest absolute Gasteiger partial charge is 0.194 e. The molecule has 1 unspecified atom stereocenters. The van der Waals surface area contributed by atoms with E-state index in [1.54, 1.807) is 18.2 Å². The lowest BCUT2D eigenvalue weighted by Gasteiger charge is -2.28. The maximum absolute atomic E-state index is 13.8. The highest BCUT2D eigenvalue weighted by Crippen LogP contribution is 2.31. The Labute approximate surface area is 108 Å². The highest BCUT2D eigenvalue weighted by molar-refractivity contribution is 5.37. The first kappa shape index (κ1) is 13.6. The number of hydrogen-bond donors (Lipinski definition) is 2. The first-order valence-electron chi connectivity index (χ1n) is 5.62. The van der Waals surface area contributed by atoms with Crippen LogP contribution >= 0.6 is 0 Å². The van der Waals surface area contributed by atoms with Gasteiger partial charge in [-0.2, -0.15) is 0 Å². The number of aliphatic hydroxyl groups is 1. The second-order valence-corrected chi connectivity index (χ2v) is 4.15. The standard InChI is InChI=1S/C14H12F3NO/c15-11-7-6-10(12(16)13(11)17)14(19,8-18)9-4-2-1-3-5-9/h1-7,19H,8,18H2. The Hall–Kier alpha value is -1.85. The van der Waals surface area contributed by atoms with Crippen LogP contribution in [0.5, 0.6) is 0 Å². The average molecular weight is 267 g/mol. The van der Waals surface area contributed by atoms with E-state index in [9.17, 15) is 18.3 Å². The minimum absolute atomic E-state index is 0.308. The molecule has 0 fully saturated rings. The third-order valence-corrected chi connectivity index (χ3v) is 3.03. The molecule has 0 amide bonds. The van der Waals surface area contributed by atoms with E-state index < -0.39 is 23.1 Å². The quantitative estimate of drug-likeness (QED) is 0.838. The number of hydrogen-bond acceptors (Lipinski definition) is 2. The van der Waals surface area contributed by atoms with Crippen molar-refractivity contribution in [2.75, 3.05) is 6.54 Å². The van der Waals surface area contributed by atoms with E-state index in [-0.39, 0.29) is 12.1 Å². The number of halogens is 3. The van der Waals surface area contributed by atoms with E-state index in [2.05, 4.69) is 0 Å². The van der Waals surface area contributed by atoms with E-state index in [0.717, 1.165) is 12.1 Å². The van der Waals surface area contributed by atoms with Gasteiger partial charge >= 0.3 is 0 Å². The summed E-state index contributed by atoms with van der Waals surface area (Å²) in [7, 11) is 0. The Balaban J connectivity index is 2.63. The lowest BCUT2D eigenvalue weighted by Crippen LogP contribution is -2.37. The van der Waals surface area contributed by atoms with Crippen molar-refractivity contribution in [2.45, 2.75) is 5.60 Å². The predicted octanol–water partition coefficient (Wildman–Crippen LogP) is 2.30. The van der Waals surface area contributed by atoms with E-state index in [1.807, 2.05) is 0 Å². The fourth-order valence-corrected chi connectivity index (χ4v) is 1.94. The molecule has 0 spiro atoms. The fourth-order valence-electron chi connectivity index (χ4n) is 1.94. The van der Waals surface area contributed by atoms with Gasteiger partial charge in [0.2, 0.25) is 0 Å². The van der Waals surface area contributed by atoms with Crippen LogP contribution in [0.15, 0.2) is 42.5 Å². The van der Waals surface area contributed by atoms with Gasteiger partial charge < -0.3 is 10.8 Å². The molecule has 3 N–H and O–H groups in total. The molecule has 2 aromatic carbocycles. The fraction of sp³-hybridized carbons (Fsp3) is 0.143. The molecule has 5 heteroatoms. The molecule has 100 valence electrons. The molecule has 0 saturated heterocycles. The lowest BCUT2D eigenvalue weighted by atomic mass is 9.86. The summed E-state index contributed by atoms with van der Waals surface area (Å²) in [5.41, 5.74) is 3.51. The number of rotatable bonds is 3. The normalized spacial score (nSPS) is 14.2. The van der Waals surface area contributed by atoms with Crippen LogP contribution in [0.4, 0.5) is 13.2 Å². The van der Waals surface area contributed by atoms with E-state index in [4.69, 9.17) is 5.73 Å². The topological polar surface area (TPSA) is 46.2 Å². The summed E-state index contributed by atoms with van der Waals surface area (Å²) in [5, 5.41) is 10.5. The first-order chi connectivity index (χ1) is 9.00. The molecular formula is C14H12F3NO. The van der Waals surface area contributed by atoms with E-state index in [0.29, 0.717) is 5.56 Å². The van der Waals surface area contributed by atoms with Gasteiger partial charge in [0, 0.05) is 12.1 Å². The van der Waals surface area contributed by atoms with Gasteiger partial charge in [-0.15, -0.1) is 0 Å². The van der Waals surface area contributed by atoms with Gasteiger partial charge in [-0.25, -0.2) is 13.2 Å². The molecule has 2 aromatic rings. The van der Waals surface area contributed by atoms with Gasteiger partial charge in [-0.3, -0.25) is 0 Å². The van der Waals surface area contributed by atoms with Crippen LogP contribution in [-0.2, 0) is 5.60 Å². The summed E-state index contributed by atoms with van der Waals surface area (Å²) in [6.07, 6.45) is 0. The highest BCUT2D eigenvalue weighted by atomic mass is 19.2. The Bertz CT molecular complexity index is 589. The van der Waals surface area contributed by atoms with Gasteiger partial charge in [0.1, 0.15) is 5.60 Å². The predicted molar refractivity (Wildman–Crippen MR) is 64.8 cm³/mol. The molecule has 0 saturated carbocycles. The van der Waals surface area contributed by atoms with Gasteiger partial charge in [0.25, 0.3) is 0 Å². The molecule has 2 nitrogen and oxygen atoms in total. The number of benzene rings is 2. The van der Waals surface area contributed by atoms with Crippen molar-refractivity contribution < 1.29 is 18.3 Å². The maximum Gasteiger partial charge on any atom is 0.194 e. The summed E-state index contributed by atoms with van der Waals surface area (Å²) in [6, 6.07) is 9.80. The van der Waals surface area contributed by atoms with Crippen molar-refractivity contribution in [1.82, 2.24) is 0 Å². The molecule has 0 aromatic heterocycles. The van der Waals surface area contributed by atoms with E-state index >= 15 is 0 Å². The van der Waals surface area contributed by atoms with Crippen LogP contribution in [0.25, 0.3) is 0 Å². The zero-order valence-electron chi connectivity index (χ0n) is 9.91. The molecule has 0 heterocycles. The molecule has 1 atom stereocenters. The van der Waals surface area contributed by atoms with Crippen molar-refractivity contribution in [2.24, 2.45) is 5.73 Å². The van der Waals surface area contributed by atoms with Crippen LogP contribution in [-0.4, -0.2) is 11.7 Å². The zero-order valence-corrected chi connectivity index (χ0v) is 9.91. The Morgan fingerprint density at radius 3 is 2.16 bits per heavy atom. The maximum atomic E-state index is 13.8. The Morgan fingerprint density at radius 2 is 1.58 bits per heavy atom. The largest absolute Gasteiger partial charge is 0.379 e. The number of nitrogens with two attached hydrogens (primary N) is 1. The summed E-state index contributed by atoms with van der Waals surface area (Å²) in [5.74, 6) is -4.37. The second kappa shape index (κ2) is 5.03. The third kappa shape index (κ3) is 2.22. The minimum atomic E-state index is -1.90. The zero-order chi connectivity index (χ0) is 14.0. The van der Waals surface area contributed by atoms with Crippen molar-refractivity contribution in [3.05, 3.63) is 71.0 Å². The Morgan fingerprint density at radius 1 is 0.947 bits per heavy atom. The van der Waals surface area contributed by atoms with Crippen molar-refractivity contribution in [1.29, 1.82) is 0 Å². The molecule has 2 rings (SSSR count). The summed E-state index contributed by atoms with van der Waals surface area (Å²) in [4.78, 5) is 0. The van der Waals surface area contributed by atoms with Gasteiger partial charge in [0.05, 0.1) is 0 Å². The van der Waals surface area contributed by atoms with Crippen LogP contribution in [0.1, 0.15) is 11.1 Å². The molecule has 0 aliphatic heterocycles. The minimum Gasteiger partial charge on any atom is -0.379 e. The van der Waals surface area contributed by atoms with Crippen LogP contribution in [0.2, 0.25) is 0 Å². The summed E-state index contributed by atoms with van der Waals surface area (Å²) >= 11 is 0. The molecule has 0 aliphatic carbocycles. The van der Waals surface area contributed by atoms with Gasteiger partial charge in [-0.05, 0) is 17.7 Å². The Kier molecular flexibility index (Phi) is 3.59. The summed E-state index contributed by atoms with van der Waals surface area (Å²) in [6.45, 7) is -0.362. The van der Waals surface area contributed by atoms with Crippen LogP contribution < -0.4 is 5.73 Å². The van der Waals surface area contributed by atoms with Crippen molar-refractivity contribution in [3.63, 3.8) is 0 Å². The van der Waals surface area contributed by atoms with Crippen molar-refractivity contribution in [3.8, 4) is 0 Å². The average Bonchev–Trinajstić information content (AvgIpc) is 2.45. The second-order valence-electron chi connectivity index (χ2n) is 4.15. The van der Waals surface area contributed by atoms with Crippen molar-refractivity contribution >= 4 is 0 Å². The lowest BCUT2D eigenvalue weighted by molar-refractivity contribution is 0.0850. The van der Waals surface area contributed by atoms with Gasteiger partial charge in [-0.1, -0.05) is 30.3 Å². The van der Waals surface area contributed by atoms with Crippen LogP contribution in [0.3, 0.4) is 0 Å². The molecule has 0 bridgehead atoms. The monoisotopic (exact) mass is 267 g/mol. The van der Waals surface area contributed by atoms with Gasteiger partial charge in [0.15, 0.2) is 17.5 Å². The van der Waals surface area contributed by atoms with E-state index in [1.165, 1.54) is 12.1 Å². The molecule has 19 heavy (non-hydrogen) atoms. The SMILES string of the molecule is NCC(O)(c1ccccc1)c1ccc(F)c(F)c1F. The molecular weight excluding hydrogens is 255 g/mol. The summed E-state index contributed by atoms with van der Waals surface area (Å²) < 4.78 is 40.0. The highest BCUT2D eigenvalue weighted by Gasteiger charge is 2.34. The molecule has 0 radical (unpaired) electrons. The van der Waals surface area contributed by atoms with Crippen LogP contribution in [0, 0.1) is 17.5 Å². The molecule has 0 aliphatic rings. The first-order valence-corrected chi connectivity index (χ1v) is 5.62. The third-order valence-electron chi connectivity index (χ3n) is 3.03.